The van der Waals surface area contributed by atoms with Gasteiger partial charge in [0.05, 0.1) is 11.9 Å². The summed E-state index contributed by atoms with van der Waals surface area (Å²) in [5.74, 6) is 1.52. The van der Waals surface area contributed by atoms with E-state index in [1.165, 1.54) is 5.69 Å². The lowest BCUT2D eigenvalue weighted by molar-refractivity contribution is 0.158. The molecule has 1 aromatic heterocycles. The average Bonchev–Trinajstić information content (AvgIpc) is 2.81. The summed E-state index contributed by atoms with van der Waals surface area (Å²) in [6.07, 6.45) is 1.94. The van der Waals surface area contributed by atoms with Crippen LogP contribution in [0.25, 0.3) is 5.69 Å². The lowest BCUT2D eigenvalue weighted by Gasteiger charge is -2.13. The monoisotopic (exact) mass is 273 g/mol. The van der Waals surface area contributed by atoms with E-state index in [0.29, 0.717) is 5.92 Å². The van der Waals surface area contributed by atoms with E-state index in [-0.39, 0.29) is 0 Å². The van der Waals surface area contributed by atoms with Crippen LogP contribution in [0.5, 0.6) is 0 Å². The molecule has 108 valence electrons. The fourth-order valence-corrected chi connectivity index (χ4v) is 2.34. The van der Waals surface area contributed by atoms with Crippen LogP contribution in [0, 0.1) is 12.8 Å². The zero-order chi connectivity index (χ0) is 14.4. The zero-order valence-electron chi connectivity index (χ0n) is 12.5. The van der Waals surface area contributed by atoms with Crippen molar-refractivity contribution in [3.05, 3.63) is 48.0 Å². The van der Waals surface area contributed by atoms with Gasteiger partial charge in [-0.25, -0.2) is 4.98 Å². The Bertz CT molecular complexity index is 522. The molecule has 2 aromatic rings. The molecule has 1 aromatic carbocycles. The molecule has 1 unspecified atom stereocenters. The minimum atomic E-state index is 0.509. The molecule has 0 aliphatic heterocycles. The number of para-hydroxylation sites is 1. The van der Waals surface area contributed by atoms with Gasteiger partial charge in [-0.2, -0.15) is 0 Å². The summed E-state index contributed by atoms with van der Waals surface area (Å²) in [4.78, 5) is 4.43. The summed E-state index contributed by atoms with van der Waals surface area (Å²) in [6.45, 7) is 6.74. The molecular weight excluding hydrogens is 250 g/mol. The molecule has 1 N–H and O–H groups in total. The number of nitrogens with zero attached hydrogens (tertiary/aromatic N) is 2. The van der Waals surface area contributed by atoms with Crippen LogP contribution >= 0.6 is 0 Å². The van der Waals surface area contributed by atoms with Gasteiger partial charge >= 0.3 is 0 Å². The molecule has 0 amide bonds. The fraction of sp³-hybridized carbons (Fsp3) is 0.438. The molecule has 0 bridgehead atoms. The number of imidazole rings is 1. The maximum Gasteiger partial charge on any atom is 0.110 e. The van der Waals surface area contributed by atoms with Gasteiger partial charge in [0.15, 0.2) is 0 Å². The Morgan fingerprint density at radius 1 is 1.30 bits per heavy atom. The predicted molar refractivity (Wildman–Crippen MR) is 81.0 cm³/mol. The van der Waals surface area contributed by atoms with Crippen molar-refractivity contribution >= 4 is 0 Å². The second kappa shape index (κ2) is 7.22. The molecule has 20 heavy (non-hydrogen) atoms. The first-order valence-electron chi connectivity index (χ1n) is 7.00. The number of hydrogen-bond acceptors (Lipinski definition) is 3. The zero-order valence-corrected chi connectivity index (χ0v) is 12.5. The van der Waals surface area contributed by atoms with E-state index >= 15 is 0 Å². The second-order valence-corrected chi connectivity index (χ2v) is 5.16. The van der Waals surface area contributed by atoms with Gasteiger partial charge in [0.25, 0.3) is 0 Å². The molecule has 0 aliphatic carbocycles. The van der Waals surface area contributed by atoms with Crippen molar-refractivity contribution in [2.45, 2.75) is 20.4 Å². The number of aromatic nitrogens is 2. The van der Waals surface area contributed by atoms with Gasteiger partial charge in [-0.1, -0.05) is 25.1 Å². The minimum Gasteiger partial charge on any atom is -0.384 e. The summed E-state index contributed by atoms with van der Waals surface area (Å²) in [7, 11) is 1.74. The molecule has 4 heteroatoms. The van der Waals surface area contributed by atoms with Gasteiger partial charge in [-0.3, -0.25) is 4.57 Å². The Kier molecular flexibility index (Phi) is 5.32. The molecule has 2 rings (SSSR count). The highest BCUT2D eigenvalue weighted by Crippen LogP contribution is 2.14. The van der Waals surface area contributed by atoms with Crippen LogP contribution in [0.3, 0.4) is 0 Å². The molecule has 0 spiro atoms. The van der Waals surface area contributed by atoms with Gasteiger partial charge in [0, 0.05) is 32.5 Å². The van der Waals surface area contributed by atoms with Crippen molar-refractivity contribution in [2.75, 3.05) is 20.3 Å². The predicted octanol–water partition coefficient (Wildman–Crippen LogP) is 2.55. The standard InChI is InChI=1S/C16H23N3O/c1-13(12-20-3)9-17-10-16-11-18-14(2)19(16)15-7-5-4-6-8-15/h4-8,11,13,17H,9-10,12H2,1-3H3. The lowest BCUT2D eigenvalue weighted by atomic mass is 10.2. The number of nitrogens with one attached hydrogen (secondary N) is 1. The van der Waals surface area contributed by atoms with E-state index in [4.69, 9.17) is 4.74 Å². The summed E-state index contributed by atoms with van der Waals surface area (Å²) < 4.78 is 7.33. The van der Waals surface area contributed by atoms with E-state index in [2.05, 4.69) is 33.9 Å². The summed E-state index contributed by atoms with van der Waals surface area (Å²) in [6, 6.07) is 10.3. The highest BCUT2D eigenvalue weighted by Gasteiger charge is 2.08. The van der Waals surface area contributed by atoms with Gasteiger partial charge in [-0.05, 0) is 25.0 Å². The average molecular weight is 273 g/mol. The third kappa shape index (κ3) is 3.68. The normalized spacial score (nSPS) is 12.6. The van der Waals surface area contributed by atoms with Crippen LogP contribution in [0.15, 0.2) is 36.5 Å². The highest BCUT2D eigenvalue weighted by atomic mass is 16.5. The molecule has 0 fully saturated rings. The molecule has 0 radical (unpaired) electrons. The van der Waals surface area contributed by atoms with E-state index in [9.17, 15) is 0 Å². The maximum absolute atomic E-state index is 5.15. The number of benzene rings is 1. The number of methoxy groups -OCH3 is 1. The summed E-state index contributed by atoms with van der Waals surface area (Å²) in [5.41, 5.74) is 2.34. The minimum absolute atomic E-state index is 0.509. The number of rotatable bonds is 7. The molecular formula is C16H23N3O. The van der Waals surface area contributed by atoms with Crippen LogP contribution < -0.4 is 5.32 Å². The van der Waals surface area contributed by atoms with Crippen LogP contribution in [0.1, 0.15) is 18.4 Å². The van der Waals surface area contributed by atoms with Crippen molar-refractivity contribution in [1.29, 1.82) is 0 Å². The summed E-state index contributed by atoms with van der Waals surface area (Å²) >= 11 is 0. The van der Waals surface area contributed by atoms with Gasteiger partial charge in [-0.15, -0.1) is 0 Å². The van der Waals surface area contributed by atoms with Crippen molar-refractivity contribution in [3.63, 3.8) is 0 Å². The van der Waals surface area contributed by atoms with Crippen LogP contribution in [0.2, 0.25) is 0 Å². The molecule has 1 heterocycles. The maximum atomic E-state index is 5.15. The fourth-order valence-electron chi connectivity index (χ4n) is 2.34. The lowest BCUT2D eigenvalue weighted by Crippen LogP contribution is -2.24. The molecule has 0 aliphatic rings. The van der Waals surface area contributed by atoms with Crippen molar-refractivity contribution in [3.8, 4) is 5.69 Å². The van der Waals surface area contributed by atoms with Crippen LogP contribution in [-0.2, 0) is 11.3 Å². The topological polar surface area (TPSA) is 39.1 Å². The summed E-state index contributed by atoms with van der Waals surface area (Å²) in [5, 5.41) is 3.47. The first-order chi connectivity index (χ1) is 9.72. The first kappa shape index (κ1) is 14.8. The van der Waals surface area contributed by atoms with E-state index < -0.39 is 0 Å². The first-order valence-corrected chi connectivity index (χ1v) is 7.00. The third-order valence-electron chi connectivity index (χ3n) is 3.28. The number of ether oxygens (including phenoxy) is 1. The Morgan fingerprint density at radius 3 is 2.75 bits per heavy atom. The van der Waals surface area contributed by atoms with Crippen LogP contribution in [0.4, 0.5) is 0 Å². The van der Waals surface area contributed by atoms with Crippen LogP contribution in [-0.4, -0.2) is 29.8 Å². The Hall–Kier alpha value is -1.65. The van der Waals surface area contributed by atoms with E-state index in [0.717, 1.165) is 31.2 Å². The van der Waals surface area contributed by atoms with E-state index in [1.54, 1.807) is 7.11 Å². The van der Waals surface area contributed by atoms with Gasteiger partial charge in [0.1, 0.15) is 5.82 Å². The van der Waals surface area contributed by atoms with Gasteiger partial charge < -0.3 is 10.1 Å². The molecule has 1 atom stereocenters. The highest BCUT2D eigenvalue weighted by molar-refractivity contribution is 5.35. The van der Waals surface area contributed by atoms with E-state index in [1.807, 2.05) is 31.3 Å². The molecule has 0 saturated heterocycles. The Labute approximate surface area is 120 Å². The Morgan fingerprint density at radius 2 is 2.05 bits per heavy atom. The van der Waals surface area contributed by atoms with Crippen molar-refractivity contribution in [1.82, 2.24) is 14.9 Å². The quantitative estimate of drug-likeness (QED) is 0.842. The SMILES string of the molecule is COCC(C)CNCc1cnc(C)n1-c1ccccc1. The van der Waals surface area contributed by atoms with Crippen molar-refractivity contribution in [2.24, 2.45) is 5.92 Å². The third-order valence-corrected chi connectivity index (χ3v) is 3.28. The smallest absolute Gasteiger partial charge is 0.110 e. The largest absolute Gasteiger partial charge is 0.384 e. The molecule has 0 saturated carbocycles. The van der Waals surface area contributed by atoms with Crippen molar-refractivity contribution < 1.29 is 4.74 Å². The number of aryl methyl sites for hydroxylation is 1. The second-order valence-electron chi connectivity index (χ2n) is 5.16. The number of hydrogen-bond donors (Lipinski definition) is 1. The van der Waals surface area contributed by atoms with Gasteiger partial charge in [0.2, 0.25) is 0 Å². The Balaban J connectivity index is 2.03. The molecule has 4 nitrogen and oxygen atoms in total.